The van der Waals surface area contributed by atoms with Gasteiger partial charge in [0.2, 0.25) is 11.1 Å². The number of ketones is 2. The summed E-state index contributed by atoms with van der Waals surface area (Å²) in [5.41, 5.74) is 2.11. The molecule has 0 saturated heterocycles. The molecule has 0 unspecified atom stereocenters. The zero-order valence-corrected chi connectivity index (χ0v) is 20.3. The number of Topliss-reactive ketones (excluding diaryl/α,β-unsaturated/α-hetero) is 2. The van der Waals surface area contributed by atoms with Gasteiger partial charge in [-0.3, -0.25) is 19.7 Å². The minimum atomic E-state index is -0.602. The van der Waals surface area contributed by atoms with Gasteiger partial charge in [-0.2, -0.15) is 4.98 Å². The Morgan fingerprint density at radius 3 is 2.56 bits per heavy atom. The fourth-order valence-electron chi connectivity index (χ4n) is 4.59. The smallest absolute Gasteiger partial charge is 0.269 e. The van der Waals surface area contributed by atoms with E-state index in [2.05, 4.69) is 15.4 Å². The molecule has 0 spiro atoms. The fraction of sp³-hybridized carbons (Fsp3) is 0.280. The van der Waals surface area contributed by atoms with Crippen LogP contribution in [0, 0.1) is 21.3 Å². The third kappa shape index (κ3) is 4.53. The number of halogens is 1. The number of hydrogen-bond donors (Lipinski definition) is 1. The van der Waals surface area contributed by atoms with Crippen LogP contribution in [0.1, 0.15) is 48.7 Å². The van der Waals surface area contributed by atoms with E-state index in [4.69, 9.17) is 0 Å². The maximum Gasteiger partial charge on any atom is 0.269 e. The number of carbonyl (C=O) groups excluding carboxylic acids is 2. The SMILES string of the molecule is CC1(C)CC(=O)C2=C(C1)Nc1nc(SCC(=O)c3ccc(F)cc3)nn1[C@H]2c1ccc([N+](=O)[O-])cc1. The summed E-state index contributed by atoms with van der Waals surface area (Å²) in [7, 11) is 0. The summed E-state index contributed by atoms with van der Waals surface area (Å²) in [6.45, 7) is 4.05. The fourth-order valence-corrected chi connectivity index (χ4v) is 5.31. The van der Waals surface area contributed by atoms with Gasteiger partial charge in [0.15, 0.2) is 11.6 Å². The molecule has 36 heavy (non-hydrogen) atoms. The lowest BCUT2D eigenvalue weighted by atomic mass is 9.73. The number of nitro groups is 1. The van der Waals surface area contributed by atoms with Crippen LogP contribution >= 0.6 is 11.8 Å². The molecule has 1 N–H and O–H groups in total. The second kappa shape index (κ2) is 8.98. The highest BCUT2D eigenvalue weighted by molar-refractivity contribution is 7.99. The molecule has 2 aromatic carbocycles. The van der Waals surface area contributed by atoms with E-state index in [1.807, 2.05) is 13.8 Å². The first-order valence-electron chi connectivity index (χ1n) is 11.3. The van der Waals surface area contributed by atoms with Crippen LogP contribution < -0.4 is 5.32 Å². The van der Waals surface area contributed by atoms with E-state index in [-0.39, 0.29) is 28.4 Å². The van der Waals surface area contributed by atoms with Crippen LogP contribution in [0.25, 0.3) is 0 Å². The standard InChI is InChI=1S/C25H22FN5O4S/c1-25(2)11-18-21(19(32)12-25)22(15-5-9-17(10-6-15)31(34)35)30-23(27-18)28-24(29-30)36-13-20(33)14-3-7-16(26)8-4-14/h3-10,22H,11-13H2,1-2H3,(H,27,28,29)/t22-/m0/s1. The molecule has 5 rings (SSSR count). The highest BCUT2D eigenvalue weighted by atomic mass is 32.2. The lowest BCUT2D eigenvalue weighted by molar-refractivity contribution is -0.384. The van der Waals surface area contributed by atoms with E-state index in [0.29, 0.717) is 40.6 Å². The Labute approximate surface area is 210 Å². The van der Waals surface area contributed by atoms with Crippen LogP contribution in [0.2, 0.25) is 0 Å². The van der Waals surface area contributed by atoms with E-state index in [1.54, 1.807) is 16.8 Å². The van der Waals surface area contributed by atoms with Crippen LogP contribution in [0.15, 0.2) is 65.0 Å². The van der Waals surface area contributed by atoms with E-state index >= 15 is 0 Å². The molecule has 0 fully saturated rings. The Balaban J connectivity index is 1.48. The topological polar surface area (TPSA) is 120 Å². The number of nitro benzene ring substituents is 1. The normalized spacial score (nSPS) is 18.3. The van der Waals surface area contributed by atoms with E-state index in [9.17, 15) is 24.1 Å². The number of non-ortho nitro benzene ring substituents is 1. The van der Waals surface area contributed by atoms with Crippen LogP contribution in [0.3, 0.4) is 0 Å². The second-order valence-corrected chi connectivity index (χ2v) is 10.5. The van der Waals surface area contributed by atoms with Crippen molar-refractivity contribution in [3.63, 3.8) is 0 Å². The zero-order chi connectivity index (χ0) is 25.6. The lowest BCUT2D eigenvalue weighted by Gasteiger charge is -2.38. The number of carbonyl (C=O) groups is 2. The largest absolute Gasteiger partial charge is 0.328 e. The molecule has 1 aliphatic carbocycles. The van der Waals surface area contributed by atoms with Gasteiger partial charge in [-0.15, -0.1) is 5.10 Å². The van der Waals surface area contributed by atoms with Crippen LogP contribution in [0.4, 0.5) is 16.0 Å². The third-order valence-corrected chi connectivity index (χ3v) is 7.07. The Hall–Kier alpha value is -3.86. The van der Waals surface area contributed by atoms with Gasteiger partial charge in [-0.25, -0.2) is 9.07 Å². The van der Waals surface area contributed by atoms with Crippen LogP contribution in [-0.2, 0) is 4.79 Å². The Morgan fingerprint density at radius 1 is 1.19 bits per heavy atom. The number of hydrogen-bond acceptors (Lipinski definition) is 8. The van der Waals surface area contributed by atoms with Gasteiger partial charge in [0.1, 0.15) is 11.9 Å². The van der Waals surface area contributed by atoms with Gasteiger partial charge in [-0.05, 0) is 53.8 Å². The number of thioether (sulfide) groups is 1. The van der Waals surface area contributed by atoms with Gasteiger partial charge in [0.05, 0.1) is 10.7 Å². The summed E-state index contributed by atoms with van der Waals surface area (Å²) >= 11 is 1.14. The quantitative estimate of drug-likeness (QED) is 0.215. The number of aromatic nitrogens is 3. The molecule has 3 aromatic rings. The molecule has 9 nitrogen and oxygen atoms in total. The van der Waals surface area contributed by atoms with Crippen molar-refractivity contribution in [1.82, 2.24) is 14.8 Å². The molecule has 1 aliphatic heterocycles. The van der Waals surface area contributed by atoms with E-state index in [0.717, 1.165) is 17.5 Å². The third-order valence-electron chi connectivity index (χ3n) is 6.23. The molecule has 2 aliphatic rings. The minimum Gasteiger partial charge on any atom is -0.328 e. The molecule has 11 heteroatoms. The van der Waals surface area contributed by atoms with Gasteiger partial charge in [0.25, 0.3) is 5.69 Å². The number of anilines is 1. The van der Waals surface area contributed by atoms with Gasteiger partial charge in [0, 0.05) is 35.4 Å². The summed E-state index contributed by atoms with van der Waals surface area (Å²) in [6.07, 6.45) is 1.00. The summed E-state index contributed by atoms with van der Waals surface area (Å²) in [5.74, 6) is -0.142. The maximum atomic E-state index is 13.3. The van der Waals surface area contributed by atoms with Gasteiger partial charge >= 0.3 is 0 Å². The van der Waals surface area contributed by atoms with Crippen molar-refractivity contribution in [2.24, 2.45) is 5.41 Å². The first kappa shape index (κ1) is 23.9. The van der Waals surface area contributed by atoms with Crippen molar-refractivity contribution in [2.45, 2.75) is 37.9 Å². The highest BCUT2D eigenvalue weighted by Crippen LogP contribution is 2.45. The Kier molecular flexibility index (Phi) is 5.95. The summed E-state index contributed by atoms with van der Waals surface area (Å²) in [5, 5.41) is 19.3. The molecular formula is C25H22FN5O4S. The second-order valence-electron chi connectivity index (χ2n) is 9.59. The maximum absolute atomic E-state index is 13.3. The molecule has 1 atom stereocenters. The summed E-state index contributed by atoms with van der Waals surface area (Å²) in [4.78, 5) is 41.0. The first-order chi connectivity index (χ1) is 17.1. The number of benzene rings is 2. The zero-order valence-electron chi connectivity index (χ0n) is 19.5. The predicted octanol–water partition coefficient (Wildman–Crippen LogP) is 4.96. The summed E-state index contributed by atoms with van der Waals surface area (Å²) in [6, 6.07) is 10.8. The van der Waals surface area contributed by atoms with Crippen molar-refractivity contribution >= 4 is 35.0 Å². The number of rotatable bonds is 6. The molecule has 1 aromatic heterocycles. The highest BCUT2D eigenvalue weighted by Gasteiger charge is 2.42. The molecule has 184 valence electrons. The van der Waals surface area contributed by atoms with Crippen molar-refractivity contribution < 1.29 is 18.9 Å². The lowest BCUT2D eigenvalue weighted by Crippen LogP contribution is -2.36. The Bertz CT molecular complexity index is 1410. The summed E-state index contributed by atoms with van der Waals surface area (Å²) < 4.78 is 14.8. The molecule has 0 bridgehead atoms. The van der Waals surface area contributed by atoms with Crippen LogP contribution in [-0.4, -0.2) is 37.0 Å². The minimum absolute atomic E-state index is 0.0149. The van der Waals surface area contributed by atoms with E-state index < -0.39 is 16.8 Å². The molecule has 0 saturated carbocycles. The molecule has 0 amide bonds. The van der Waals surface area contributed by atoms with Crippen molar-refractivity contribution in [3.8, 4) is 0 Å². The van der Waals surface area contributed by atoms with Crippen molar-refractivity contribution in [3.05, 3.63) is 86.9 Å². The number of nitrogens with one attached hydrogen (secondary N) is 1. The predicted molar refractivity (Wildman–Crippen MR) is 131 cm³/mol. The van der Waals surface area contributed by atoms with Crippen molar-refractivity contribution in [1.29, 1.82) is 0 Å². The molecule has 2 heterocycles. The number of fused-ring (bicyclic) bond motifs is 1. The molecular weight excluding hydrogens is 485 g/mol. The molecule has 0 radical (unpaired) electrons. The average Bonchev–Trinajstić information content (AvgIpc) is 3.23. The van der Waals surface area contributed by atoms with Gasteiger partial charge in [-0.1, -0.05) is 25.6 Å². The average molecular weight is 508 g/mol. The Morgan fingerprint density at radius 2 is 1.89 bits per heavy atom. The van der Waals surface area contributed by atoms with E-state index in [1.165, 1.54) is 36.4 Å². The van der Waals surface area contributed by atoms with Gasteiger partial charge < -0.3 is 5.32 Å². The monoisotopic (exact) mass is 507 g/mol. The van der Waals surface area contributed by atoms with Crippen LogP contribution in [0.5, 0.6) is 0 Å². The number of nitrogens with zero attached hydrogens (tertiary/aromatic N) is 4. The first-order valence-corrected chi connectivity index (χ1v) is 12.3. The van der Waals surface area contributed by atoms with Crippen molar-refractivity contribution in [2.75, 3.05) is 11.1 Å². The number of allylic oxidation sites excluding steroid dienone is 2.